The summed E-state index contributed by atoms with van der Waals surface area (Å²) in [6.07, 6.45) is 86.9. The van der Waals surface area contributed by atoms with Gasteiger partial charge in [0.1, 0.15) is 6.61 Å². The van der Waals surface area contributed by atoms with Gasteiger partial charge in [-0.15, -0.1) is 0 Å². The second kappa shape index (κ2) is 62.6. The third-order valence-corrected chi connectivity index (χ3v) is 14.1. The van der Waals surface area contributed by atoms with Crippen molar-refractivity contribution < 1.29 is 37.6 Å². The van der Waals surface area contributed by atoms with E-state index in [2.05, 4.69) is 135 Å². The zero-order valence-corrected chi connectivity index (χ0v) is 50.8. The van der Waals surface area contributed by atoms with Crippen LogP contribution >= 0.6 is 7.82 Å². The van der Waals surface area contributed by atoms with Crippen LogP contribution in [0.2, 0.25) is 0 Å². The van der Waals surface area contributed by atoms with Crippen LogP contribution in [0.25, 0.3) is 0 Å². The molecule has 0 aliphatic rings. The smallest absolute Gasteiger partial charge is 0.462 e. The summed E-state index contributed by atoms with van der Waals surface area (Å²) in [5, 5.41) is 0. The van der Waals surface area contributed by atoms with Gasteiger partial charge in [-0.1, -0.05) is 264 Å². The molecular weight excluding hydrogens is 990 g/mol. The molecule has 9 nitrogen and oxygen atoms in total. The van der Waals surface area contributed by atoms with E-state index < -0.39 is 26.5 Å². The van der Waals surface area contributed by atoms with Crippen LogP contribution in [0.1, 0.15) is 264 Å². The van der Waals surface area contributed by atoms with Crippen LogP contribution in [0.5, 0.6) is 0 Å². The molecule has 0 aromatic heterocycles. The first-order valence-electron chi connectivity index (χ1n) is 31.5. The minimum absolute atomic E-state index is 0.0480. The van der Waals surface area contributed by atoms with Crippen LogP contribution < -0.4 is 5.73 Å². The highest BCUT2D eigenvalue weighted by Crippen LogP contribution is 2.43. The Labute approximate surface area is 479 Å². The molecule has 0 radical (unpaired) electrons. The lowest BCUT2D eigenvalue weighted by molar-refractivity contribution is -0.161. The molecule has 0 saturated heterocycles. The first-order valence-corrected chi connectivity index (χ1v) is 33.0. The van der Waals surface area contributed by atoms with Crippen molar-refractivity contribution in [3.8, 4) is 0 Å². The Bertz CT molecular complexity index is 1690. The normalized spacial score (nSPS) is 13.8. The van der Waals surface area contributed by atoms with Crippen LogP contribution in [-0.4, -0.2) is 49.3 Å². The number of unbranched alkanes of at least 4 members (excludes halogenated alkanes) is 25. The second-order valence-electron chi connectivity index (χ2n) is 20.5. The molecule has 0 aliphatic carbocycles. The largest absolute Gasteiger partial charge is 0.472 e. The summed E-state index contributed by atoms with van der Waals surface area (Å²) in [6, 6.07) is 0. The molecule has 0 amide bonds. The highest BCUT2D eigenvalue weighted by atomic mass is 31.2. The Balaban J connectivity index is 3.92. The maximum absolute atomic E-state index is 12.7. The highest BCUT2D eigenvalue weighted by Gasteiger charge is 2.26. The lowest BCUT2D eigenvalue weighted by Gasteiger charge is -2.19. The van der Waals surface area contributed by atoms with Crippen LogP contribution in [0.3, 0.4) is 0 Å². The number of hydrogen-bond acceptors (Lipinski definition) is 8. The number of carbonyl (C=O) groups excluding carboxylic acids is 2. The Hall–Kier alpha value is -3.59. The van der Waals surface area contributed by atoms with Crippen LogP contribution in [0, 0.1) is 0 Å². The first kappa shape index (κ1) is 74.4. The first-order chi connectivity index (χ1) is 38.3. The van der Waals surface area contributed by atoms with E-state index in [0.717, 1.165) is 109 Å². The molecule has 0 heterocycles. The molecule has 0 aromatic carbocycles. The zero-order valence-electron chi connectivity index (χ0n) is 49.9. The lowest BCUT2D eigenvalue weighted by atomic mass is 10.0. The Kier molecular flexibility index (Phi) is 59.7. The van der Waals surface area contributed by atoms with Crippen molar-refractivity contribution in [1.29, 1.82) is 0 Å². The highest BCUT2D eigenvalue weighted by molar-refractivity contribution is 7.47. The number of carbonyl (C=O) groups is 2. The topological polar surface area (TPSA) is 134 Å². The molecule has 0 bridgehead atoms. The summed E-state index contributed by atoms with van der Waals surface area (Å²) in [7, 11) is -4.40. The van der Waals surface area contributed by atoms with Crippen molar-refractivity contribution in [3.63, 3.8) is 0 Å². The molecule has 0 fully saturated rings. The Morgan fingerprint density at radius 3 is 1.05 bits per heavy atom. The van der Waals surface area contributed by atoms with E-state index in [4.69, 9.17) is 24.3 Å². The molecule has 3 N–H and O–H groups in total. The fourth-order valence-corrected chi connectivity index (χ4v) is 9.21. The van der Waals surface area contributed by atoms with Crippen molar-refractivity contribution in [2.75, 3.05) is 26.4 Å². The molecule has 10 heteroatoms. The number of nitrogens with two attached hydrogens (primary N) is 1. The summed E-state index contributed by atoms with van der Waals surface area (Å²) < 4.78 is 33.1. The van der Waals surface area contributed by atoms with Crippen molar-refractivity contribution in [2.24, 2.45) is 5.73 Å². The van der Waals surface area contributed by atoms with Gasteiger partial charge in [0.05, 0.1) is 13.2 Å². The molecule has 0 aromatic rings. The minimum atomic E-state index is -4.40. The summed E-state index contributed by atoms with van der Waals surface area (Å²) in [5.41, 5.74) is 5.39. The van der Waals surface area contributed by atoms with Crippen LogP contribution in [-0.2, 0) is 32.7 Å². The second-order valence-corrected chi connectivity index (χ2v) is 22.0. The lowest BCUT2D eigenvalue weighted by Crippen LogP contribution is -2.29. The quantitative estimate of drug-likeness (QED) is 0.0264. The summed E-state index contributed by atoms with van der Waals surface area (Å²) >= 11 is 0. The van der Waals surface area contributed by atoms with E-state index in [9.17, 15) is 19.0 Å². The number of phosphoric acid groups is 1. The fourth-order valence-electron chi connectivity index (χ4n) is 8.45. The molecular formula is C68H116NO8P. The predicted molar refractivity (Wildman–Crippen MR) is 334 cm³/mol. The third-order valence-electron chi connectivity index (χ3n) is 13.1. The Morgan fingerprint density at radius 1 is 0.397 bits per heavy atom. The van der Waals surface area contributed by atoms with Crippen molar-refractivity contribution >= 4 is 19.8 Å². The van der Waals surface area contributed by atoms with E-state index in [1.165, 1.54) is 122 Å². The van der Waals surface area contributed by atoms with Gasteiger partial charge in [-0.05, 0) is 109 Å². The number of phosphoric ester groups is 1. The van der Waals surface area contributed by atoms with Gasteiger partial charge in [-0.2, -0.15) is 0 Å². The average Bonchev–Trinajstić information content (AvgIpc) is 3.43. The van der Waals surface area contributed by atoms with Gasteiger partial charge in [-0.3, -0.25) is 18.6 Å². The van der Waals surface area contributed by atoms with E-state index in [1.54, 1.807) is 0 Å². The van der Waals surface area contributed by atoms with Crippen LogP contribution in [0.4, 0.5) is 0 Å². The molecule has 78 heavy (non-hydrogen) atoms. The maximum atomic E-state index is 12.7. The van der Waals surface area contributed by atoms with Crippen molar-refractivity contribution in [2.45, 2.75) is 270 Å². The van der Waals surface area contributed by atoms with Gasteiger partial charge in [0, 0.05) is 19.4 Å². The zero-order chi connectivity index (χ0) is 56.6. The molecule has 0 aliphatic heterocycles. The number of rotatable bonds is 58. The van der Waals surface area contributed by atoms with Crippen molar-refractivity contribution in [3.05, 3.63) is 122 Å². The maximum Gasteiger partial charge on any atom is 0.472 e. The van der Waals surface area contributed by atoms with E-state index in [1.807, 2.05) is 0 Å². The van der Waals surface area contributed by atoms with Crippen LogP contribution in [0.15, 0.2) is 122 Å². The molecule has 446 valence electrons. The number of esters is 2. The molecule has 0 spiro atoms. The summed E-state index contributed by atoms with van der Waals surface area (Å²) in [4.78, 5) is 35.2. The predicted octanol–water partition coefficient (Wildman–Crippen LogP) is 20.3. The number of hydrogen-bond donors (Lipinski definition) is 2. The molecule has 2 unspecified atom stereocenters. The third kappa shape index (κ3) is 61.6. The molecule has 0 rings (SSSR count). The summed E-state index contributed by atoms with van der Waals surface area (Å²) in [6.45, 7) is 3.61. The number of ether oxygens (including phenoxy) is 2. The van der Waals surface area contributed by atoms with Gasteiger partial charge in [0.25, 0.3) is 0 Å². The van der Waals surface area contributed by atoms with E-state index in [0.29, 0.717) is 6.42 Å². The van der Waals surface area contributed by atoms with E-state index in [-0.39, 0.29) is 38.6 Å². The SMILES string of the molecule is CC/C=C\C/C=C\C/C=C\C/C=C\C/C=C\C/C=C\C/C=C\C/C=C\CCCCCCCCCCCCCCCCC(=O)OC(COC(=O)CCCCCCCCC/C=C\C/C=C\CCCCCC)COP(=O)(O)OCCN. The standard InChI is InChI=1S/C68H116NO8P/c1-3-5-7-9-11-13-15-17-19-21-23-24-25-26-27-28-29-30-31-32-33-34-35-36-37-38-39-40-41-42-43-45-47-49-51-53-55-57-59-61-68(71)77-66(65-76-78(72,73)75-63-62-69)64-74-67(70)60-58-56-54-52-50-48-46-44-22-20-18-16-14-12-10-8-6-4-2/h5,7,11,13-14,16-17,19-20,22-24,26-27,29-30,32-33,35-36,66H,3-4,6,8-10,12,15,18,21,25,28,31,34,37-65,69H2,1-2H3,(H,72,73)/b7-5-,13-11-,16-14-,19-17-,22-20-,24-23-,27-26-,30-29-,33-32-,36-35-. The van der Waals surface area contributed by atoms with Gasteiger partial charge >= 0.3 is 19.8 Å². The Morgan fingerprint density at radius 2 is 0.705 bits per heavy atom. The minimum Gasteiger partial charge on any atom is -0.462 e. The van der Waals surface area contributed by atoms with Gasteiger partial charge < -0.3 is 20.1 Å². The monoisotopic (exact) mass is 1110 g/mol. The number of allylic oxidation sites excluding steroid dienone is 20. The van der Waals surface area contributed by atoms with Gasteiger partial charge in [0.2, 0.25) is 0 Å². The van der Waals surface area contributed by atoms with Gasteiger partial charge in [-0.25, -0.2) is 4.57 Å². The fraction of sp³-hybridized carbons (Fsp3) is 0.676. The van der Waals surface area contributed by atoms with E-state index >= 15 is 0 Å². The molecule has 0 saturated carbocycles. The van der Waals surface area contributed by atoms with Gasteiger partial charge in [0.15, 0.2) is 6.10 Å². The summed E-state index contributed by atoms with van der Waals surface area (Å²) in [5.74, 6) is -0.838. The van der Waals surface area contributed by atoms with Crippen molar-refractivity contribution in [1.82, 2.24) is 0 Å². The molecule has 2 atom stereocenters. The average molecular weight is 1110 g/mol.